The fraction of sp³-hybridized carbons (Fsp3) is 0.267. The Bertz CT molecular complexity index is 2690. The van der Waals surface area contributed by atoms with Crippen molar-refractivity contribution in [1.29, 1.82) is 0 Å². The van der Waals surface area contributed by atoms with Crippen LogP contribution >= 0.6 is 0 Å². The van der Waals surface area contributed by atoms with Gasteiger partial charge in [-0.05, 0) is 79.9 Å². The highest BCUT2D eigenvalue weighted by Crippen LogP contribution is 2.32. The highest BCUT2D eigenvalue weighted by Gasteiger charge is 2.43. The van der Waals surface area contributed by atoms with Crippen molar-refractivity contribution in [3.8, 4) is 22.4 Å². The normalized spacial score (nSPS) is 16.2. The van der Waals surface area contributed by atoms with E-state index in [2.05, 4.69) is 47.6 Å². The van der Waals surface area contributed by atoms with Crippen molar-refractivity contribution in [2.75, 3.05) is 18.4 Å². The number of nitrogens with zero attached hydrogens (tertiary/aromatic N) is 6. The van der Waals surface area contributed by atoms with Gasteiger partial charge in [0.05, 0.1) is 29.6 Å². The van der Waals surface area contributed by atoms with E-state index in [0.29, 0.717) is 30.0 Å². The predicted octanol–water partition coefficient (Wildman–Crippen LogP) is 7.79. The number of imide groups is 1. The molecule has 3 aromatic heterocycles. The second kappa shape index (κ2) is 18.3. The van der Waals surface area contributed by atoms with Gasteiger partial charge in [0, 0.05) is 58.6 Å². The molecule has 5 heterocycles. The summed E-state index contributed by atoms with van der Waals surface area (Å²) in [7, 11) is 0. The number of piperidine rings is 2. The molecule has 2 fully saturated rings. The number of alkyl halides is 5. The van der Waals surface area contributed by atoms with E-state index in [4.69, 9.17) is 0 Å². The molecule has 0 bridgehead atoms. The number of hydroxylamine groups is 2. The first-order valence-corrected chi connectivity index (χ1v) is 20.2. The molecule has 2 N–H and O–H groups in total. The van der Waals surface area contributed by atoms with Crippen molar-refractivity contribution in [2.24, 2.45) is 0 Å². The maximum atomic E-state index is 15.7. The summed E-state index contributed by atoms with van der Waals surface area (Å²) in [5.74, 6) is -5.27. The Morgan fingerprint density at radius 2 is 1.62 bits per heavy atom. The quantitative estimate of drug-likeness (QED) is 0.0750. The monoisotopic (exact) mass is 884 g/mol. The van der Waals surface area contributed by atoms with Crippen LogP contribution in [0, 0.1) is 5.82 Å². The zero-order valence-electron chi connectivity index (χ0n) is 33.7. The zero-order chi connectivity index (χ0) is 45.1. The maximum absolute atomic E-state index is 15.7. The van der Waals surface area contributed by atoms with Crippen molar-refractivity contribution in [3.63, 3.8) is 0 Å². The van der Waals surface area contributed by atoms with Crippen LogP contribution < -0.4 is 10.6 Å². The van der Waals surface area contributed by atoms with E-state index in [0.717, 1.165) is 90.9 Å². The molecule has 3 amide bonds. The van der Waals surface area contributed by atoms with Gasteiger partial charge in [0.15, 0.2) is 0 Å². The van der Waals surface area contributed by atoms with Crippen LogP contribution in [0.2, 0.25) is 0 Å². The second-order valence-corrected chi connectivity index (χ2v) is 15.5. The van der Waals surface area contributed by atoms with Crippen molar-refractivity contribution in [1.82, 2.24) is 34.9 Å². The van der Waals surface area contributed by atoms with Crippen LogP contribution in [0.1, 0.15) is 70.8 Å². The highest BCUT2D eigenvalue weighted by atomic mass is 19.4. The summed E-state index contributed by atoms with van der Waals surface area (Å²) >= 11 is 0. The van der Waals surface area contributed by atoms with Crippen LogP contribution in [0.4, 0.5) is 32.0 Å². The summed E-state index contributed by atoms with van der Waals surface area (Å²) in [5, 5.41) is 9.84. The third kappa shape index (κ3) is 9.88. The average Bonchev–Trinajstić information content (AvgIpc) is 3.73. The van der Waals surface area contributed by atoms with E-state index in [-0.39, 0.29) is 33.6 Å². The van der Waals surface area contributed by atoms with Gasteiger partial charge >= 0.3 is 12.1 Å². The minimum Gasteiger partial charge on any atom is -0.372 e. The second-order valence-electron chi connectivity index (χ2n) is 15.5. The number of carbonyl (C=O) groups excluding carboxylic acids is 4. The summed E-state index contributed by atoms with van der Waals surface area (Å²) in [6, 6.07) is 20.7. The van der Waals surface area contributed by atoms with Gasteiger partial charge in [-0.2, -0.15) is 23.3 Å². The number of benzene rings is 3. The molecule has 0 spiro atoms. The molecule has 1 atom stereocenters. The maximum Gasteiger partial charge on any atom is 0.493 e. The Morgan fingerprint density at radius 3 is 2.28 bits per heavy atom. The Morgan fingerprint density at radius 1 is 0.891 bits per heavy atom. The van der Waals surface area contributed by atoms with Crippen LogP contribution in [0.25, 0.3) is 27.9 Å². The zero-order valence-corrected chi connectivity index (χ0v) is 33.7. The van der Waals surface area contributed by atoms with E-state index in [1.54, 1.807) is 16.9 Å². The van der Waals surface area contributed by atoms with Gasteiger partial charge in [0.1, 0.15) is 18.2 Å². The van der Waals surface area contributed by atoms with Crippen LogP contribution in [-0.4, -0.2) is 78.5 Å². The summed E-state index contributed by atoms with van der Waals surface area (Å²) in [4.78, 5) is 64.2. The molecule has 2 saturated heterocycles. The van der Waals surface area contributed by atoms with Gasteiger partial charge < -0.3 is 10.2 Å². The molecule has 3 aromatic carbocycles. The van der Waals surface area contributed by atoms with Crippen molar-refractivity contribution in [3.05, 3.63) is 137 Å². The van der Waals surface area contributed by atoms with E-state index in [1.165, 1.54) is 18.5 Å². The Kier molecular flexibility index (Phi) is 12.4. The molecular formula is C45H38F6N8O5. The minimum atomic E-state index is -5.49. The standard InChI is InChI=1S/C45H38F6N8O5/c46-35-19-31(9-10-32(35)24-59(64-44(63)45(49,50)51)43(62)30-7-5-29(6-8-30)41(47)48)40-38-20-33(23-58(38)54-25-53-40)27-3-1-26(2-4-27)22-57-17-15-28(16-18-57)36-12-11-34(21-52-36)55-37-13-14-39(60)56-42(37)61/h1-12,19-21,23,25,28,37,41,55H,13-18,22,24H2,(H,56,60,61). The summed E-state index contributed by atoms with van der Waals surface area (Å²) < 4.78 is 82.8. The summed E-state index contributed by atoms with van der Waals surface area (Å²) in [6.07, 6.45) is -0.938. The predicted molar refractivity (Wildman–Crippen MR) is 219 cm³/mol. The molecule has 64 heavy (non-hydrogen) atoms. The smallest absolute Gasteiger partial charge is 0.372 e. The molecule has 0 saturated carbocycles. The topological polar surface area (TPSA) is 151 Å². The van der Waals surface area contributed by atoms with E-state index < -0.39 is 48.4 Å². The fourth-order valence-electron chi connectivity index (χ4n) is 7.71. The summed E-state index contributed by atoms with van der Waals surface area (Å²) in [5.41, 5.74) is 4.54. The first-order valence-electron chi connectivity index (χ1n) is 20.2. The molecule has 19 heteroatoms. The van der Waals surface area contributed by atoms with E-state index in [1.807, 2.05) is 30.3 Å². The molecule has 2 aliphatic rings. The Balaban J connectivity index is 0.901. The number of amides is 3. The fourth-order valence-corrected chi connectivity index (χ4v) is 7.71. The third-order valence-corrected chi connectivity index (χ3v) is 11.2. The van der Waals surface area contributed by atoms with Crippen molar-refractivity contribution < 1.29 is 50.4 Å². The van der Waals surface area contributed by atoms with Gasteiger partial charge in [-0.15, -0.1) is 0 Å². The first kappa shape index (κ1) is 43.5. The lowest BCUT2D eigenvalue weighted by molar-refractivity contribution is -0.230. The number of aromatic nitrogens is 4. The Hall–Kier alpha value is -7.15. The number of fused-ring (bicyclic) bond motifs is 1. The Labute approximate surface area is 361 Å². The molecule has 8 rings (SSSR count). The van der Waals surface area contributed by atoms with Crippen LogP contribution in [0.5, 0.6) is 0 Å². The number of hydrogen-bond acceptors (Lipinski definition) is 10. The molecular weight excluding hydrogens is 847 g/mol. The SMILES string of the molecule is O=C1CCC(Nc2ccc(C3CCN(Cc4ccc(-c5cc6c(-c7ccc(CN(OC(=O)C(F)(F)F)C(=O)c8ccc(C(F)F)cc8)c(F)c7)ncnn6c5)cc4)CC3)nc2)C(=O)N1. The van der Waals surface area contributed by atoms with Gasteiger partial charge in [-0.1, -0.05) is 48.5 Å². The van der Waals surface area contributed by atoms with Gasteiger partial charge in [-0.25, -0.2) is 27.5 Å². The number of likely N-dealkylation sites (tertiary alicyclic amines) is 1. The van der Waals surface area contributed by atoms with Crippen LogP contribution in [0.15, 0.2) is 104 Å². The highest BCUT2D eigenvalue weighted by molar-refractivity contribution is 6.01. The number of rotatable bonds is 11. The third-order valence-electron chi connectivity index (χ3n) is 11.2. The first-order chi connectivity index (χ1) is 30.7. The molecule has 0 radical (unpaired) electrons. The number of hydrogen-bond donors (Lipinski definition) is 2. The molecule has 6 aromatic rings. The van der Waals surface area contributed by atoms with Crippen molar-refractivity contribution >= 4 is 34.9 Å². The van der Waals surface area contributed by atoms with Gasteiger partial charge in [0.2, 0.25) is 11.8 Å². The lowest BCUT2D eigenvalue weighted by Gasteiger charge is -2.31. The largest absolute Gasteiger partial charge is 0.493 e. The lowest BCUT2D eigenvalue weighted by Crippen LogP contribution is -2.47. The number of halogens is 6. The minimum absolute atomic E-state index is 0.0218. The van der Waals surface area contributed by atoms with Crippen molar-refractivity contribution in [2.45, 2.75) is 63.3 Å². The number of anilines is 1. The molecule has 2 aliphatic heterocycles. The number of pyridine rings is 1. The van der Waals surface area contributed by atoms with Gasteiger partial charge in [0.25, 0.3) is 12.3 Å². The number of carbonyl (C=O) groups is 4. The van der Waals surface area contributed by atoms with E-state index >= 15 is 4.39 Å². The molecule has 1 unspecified atom stereocenters. The number of nitrogens with one attached hydrogen (secondary N) is 2. The van der Waals surface area contributed by atoms with Crippen LogP contribution in [-0.2, 0) is 32.3 Å². The van der Waals surface area contributed by atoms with E-state index in [9.17, 15) is 41.1 Å². The van der Waals surface area contributed by atoms with Crippen LogP contribution in [0.3, 0.4) is 0 Å². The summed E-state index contributed by atoms with van der Waals surface area (Å²) in [6.45, 7) is 1.60. The molecule has 13 nitrogen and oxygen atoms in total. The average molecular weight is 885 g/mol. The molecule has 0 aliphatic carbocycles. The lowest BCUT2D eigenvalue weighted by atomic mass is 9.92. The molecule has 330 valence electrons. The van der Waals surface area contributed by atoms with Gasteiger partial charge in [-0.3, -0.25) is 29.6 Å².